The van der Waals surface area contributed by atoms with Crippen LogP contribution in [0, 0.1) is 5.92 Å². The monoisotopic (exact) mass is 242 g/mol. The fourth-order valence-corrected chi connectivity index (χ4v) is 2.72. The average Bonchev–Trinajstić information content (AvgIpc) is 2.76. The first-order chi connectivity index (χ1) is 8.05. The van der Waals surface area contributed by atoms with Crippen LogP contribution in [-0.2, 0) is 4.74 Å². The molecule has 0 saturated carbocycles. The lowest BCUT2D eigenvalue weighted by molar-refractivity contribution is 0.0182. The number of aliphatic hydroxyl groups is 1. The Morgan fingerprint density at radius 2 is 1.76 bits per heavy atom. The number of nitrogens with zero attached hydrogens (tertiary/aromatic N) is 2. The maximum atomic E-state index is 10.00. The Kier molecular flexibility index (Phi) is 4.42. The van der Waals surface area contributed by atoms with Gasteiger partial charge in [0, 0.05) is 38.6 Å². The summed E-state index contributed by atoms with van der Waals surface area (Å²) >= 11 is 0. The van der Waals surface area contributed by atoms with Gasteiger partial charge in [-0.3, -0.25) is 4.90 Å². The van der Waals surface area contributed by atoms with E-state index in [0.717, 1.165) is 58.9 Å². The van der Waals surface area contributed by atoms with Gasteiger partial charge in [0.05, 0.1) is 18.8 Å². The molecule has 2 heterocycles. The summed E-state index contributed by atoms with van der Waals surface area (Å²) in [4.78, 5) is 4.96. The van der Waals surface area contributed by atoms with Crippen LogP contribution < -0.4 is 0 Å². The fourth-order valence-electron chi connectivity index (χ4n) is 2.72. The molecule has 2 aliphatic heterocycles. The molecule has 4 heteroatoms. The molecule has 0 aliphatic carbocycles. The third-order valence-corrected chi connectivity index (χ3v) is 4.11. The molecule has 0 radical (unpaired) electrons. The van der Waals surface area contributed by atoms with E-state index >= 15 is 0 Å². The molecule has 100 valence electrons. The van der Waals surface area contributed by atoms with Crippen LogP contribution in [0.2, 0.25) is 0 Å². The normalized spacial score (nSPS) is 28.8. The summed E-state index contributed by atoms with van der Waals surface area (Å²) in [6.45, 7) is 12.2. The van der Waals surface area contributed by atoms with E-state index in [0.29, 0.717) is 5.92 Å². The van der Waals surface area contributed by atoms with Gasteiger partial charge < -0.3 is 14.7 Å². The summed E-state index contributed by atoms with van der Waals surface area (Å²) in [7, 11) is 0. The van der Waals surface area contributed by atoms with Crippen molar-refractivity contribution in [2.24, 2.45) is 5.92 Å². The molecule has 1 atom stereocenters. The minimum absolute atomic E-state index is 0.437. The Labute approximate surface area is 105 Å². The largest absolute Gasteiger partial charge is 0.390 e. The predicted molar refractivity (Wildman–Crippen MR) is 68.1 cm³/mol. The summed E-state index contributed by atoms with van der Waals surface area (Å²) in [5.41, 5.74) is -0.520. The second kappa shape index (κ2) is 5.65. The van der Waals surface area contributed by atoms with E-state index in [4.69, 9.17) is 4.74 Å². The molecule has 2 saturated heterocycles. The third-order valence-electron chi connectivity index (χ3n) is 4.11. The molecule has 0 amide bonds. The second-order valence-electron chi connectivity index (χ2n) is 5.89. The topological polar surface area (TPSA) is 35.9 Å². The molecular formula is C13H26N2O2. The van der Waals surface area contributed by atoms with Crippen LogP contribution in [0.5, 0.6) is 0 Å². The van der Waals surface area contributed by atoms with Gasteiger partial charge in [0.15, 0.2) is 0 Å². The summed E-state index contributed by atoms with van der Waals surface area (Å²) in [6.07, 6.45) is 1.13. The molecule has 0 bridgehead atoms. The molecule has 0 aromatic rings. The number of morpholine rings is 1. The Morgan fingerprint density at radius 3 is 2.35 bits per heavy atom. The molecule has 0 spiro atoms. The standard InChI is InChI=1S/C13H26N2O2/c1-13(2,16)12-3-4-15(11-12)6-5-14-7-9-17-10-8-14/h12,16H,3-11H2,1-2H3. The van der Waals surface area contributed by atoms with Crippen molar-refractivity contribution in [3.8, 4) is 0 Å². The first-order valence-corrected chi connectivity index (χ1v) is 6.80. The highest BCUT2D eigenvalue weighted by Crippen LogP contribution is 2.26. The molecule has 1 N–H and O–H groups in total. The van der Waals surface area contributed by atoms with Crippen molar-refractivity contribution < 1.29 is 9.84 Å². The van der Waals surface area contributed by atoms with E-state index in [1.807, 2.05) is 13.8 Å². The lowest BCUT2D eigenvalue weighted by Gasteiger charge is -2.29. The minimum atomic E-state index is -0.520. The second-order valence-corrected chi connectivity index (χ2v) is 5.89. The highest BCUT2D eigenvalue weighted by atomic mass is 16.5. The number of hydrogen-bond donors (Lipinski definition) is 1. The molecule has 2 aliphatic rings. The van der Waals surface area contributed by atoms with Crippen LogP contribution in [0.15, 0.2) is 0 Å². The van der Waals surface area contributed by atoms with Gasteiger partial charge in [0.25, 0.3) is 0 Å². The van der Waals surface area contributed by atoms with Crippen LogP contribution in [0.25, 0.3) is 0 Å². The maximum absolute atomic E-state index is 10.00. The molecule has 4 nitrogen and oxygen atoms in total. The first kappa shape index (κ1) is 13.3. The van der Waals surface area contributed by atoms with Crippen LogP contribution in [0.3, 0.4) is 0 Å². The van der Waals surface area contributed by atoms with E-state index in [2.05, 4.69) is 9.80 Å². The fraction of sp³-hybridized carbons (Fsp3) is 1.00. The van der Waals surface area contributed by atoms with E-state index in [9.17, 15) is 5.11 Å². The van der Waals surface area contributed by atoms with Crippen LogP contribution in [0.4, 0.5) is 0 Å². The van der Waals surface area contributed by atoms with Crippen LogP contribution in [-0.4, -0.2) is 73.0 Å². The molecule has 0 aromatic heterocycles. The predicted octanol–water partition coefficient (Wildman–Crippen LogP) is 0.411. The SMILES string of the molecule is CC(C)(O)C1CCN(CCN2CCOCC2)C1. The summed E-state index contributed by atoms with van der Waals surface area (Å²) < 4.78 is 5.34. The summed E-state index contributed by atoms with van der Waals surface area (Å²) in [5, 5.41) is 10.00. The number of ether oxygens (including phenoxy) is 1. The highest BCUT2D eigenvalue weighted by Gasteiger charge is 2.33. The first-order valence-electron chi connectivity index (χ1n) is 6.80. The van der Waals surface area contributed by atoms with E-state index in [1.54, 1.807) is 0 Å². The molecule has 2 fully saturated rings. The van der Waals surface area contributed by atoms with E-state index < -0.39 is 5.60 Å². The van der Waals surface area contributed by atoms with E-state index in [-0.39, 0.29) is 0 Å². The number of likely N-dealkylation sites (tertiary alicyclic amines) is 1. The van der Waals surface area contributed by atoms with E-state index in [1.165, 1.54) is 0 Å². The van der Waals surface area contributed by atoms with Gasteiger partial charge in [-0.25, -0.2) is 0 Å². The zero-order valence-electron chi connectivity index (χ0n) is 11.2. The molecule has 1 unspecified atom stereocenters. The smallest absolute Gasteiger partial charge is 0.0632 e. The van der Waals surface area contributed by atoms with Gasteiger partial charge in [-0.2, -0.15) is 0 Å². The maximum Gasteiger partial charge on any atom is 0.0632 e. The van der Waals surface area contributed by atoms with Crippen molar-refractivity contribution in [2.75, 3.05) is 52.5 Å². The lowest BCUT2D eigenvalue weighted by atomic mass is 9.90. The summed E-state index contributed by atoms with van der Waals surface area (Å²) in [5.74, 6) is 0.437. The Hall–Kier alpha value is -0.160. The molecule has 17 heavy (non-hydrogen) atoms. The molecule has 0 aromatic carbocycles. The van der Waals surface area contributed by atoms with Gasteiger partial charge in [-0.05, 0) is 26.8 Å². The molecular weight excluding hydrogens is 216 g/mol. The highest BCUT2D eigenvalue weighted by molar-refractivity contribution is 4.86. The molecule has 2 rings (SSSR count). The van der Waals surface area contributed by atoms with Crippen molar-refractivity contribution in [3.05, 3.63) is 0 Å². The van der Waals surface area contributed by atoms with Crippen molar-refractivity contribution in [2.45, 2.75) is 25.9 Å². The Bertz CT molecular complexity index is 234. The lowest BCUT2D eigenvalue weighted by Crippen LogP contribution is -2.41. The zero-order valence-corrected chi connectivity index (χ0v) is 11.2. The van der Waals surface area contributed by atoms with Gasteiger partial charge in [0.1, 0.15) is 0 Å². The minimum Gasteiger partial charge on any atom is -0.390 e. The summed E-state index contributed by atoms with van der Waals surface area (Å²) in [6, 6.07) is 0. The van der Waals surface area contributed by atoms with Crippen molar-refractivity contribution >= 4 is 0 Å². The van der Waals surface area contributed by atoms with Crippen molar-refractivity contribution in [1.29, 1.82) is 0 Å². The van der Waals surface area contributed by atoms with Crippen molar-refractivity contribution in [1.82, 2.24) is 9.80 Å². The van der Waals surface area contributed by atoms with Crippen LogP contribution in [0.1, 0.15) is 20.3 Å². The third kappa shape index (κ3) is 3.91. The van der Waals surface area contributed by atoms with Crippen LogP contribution >= 0.6 is 0 Å². The quantitative estimate of drug-likeness (QED) is 0.775. The van der Waals surface area contributed by atoms with Crippen molar-refractivity contribution in [3.63, 3.8) is 0 Å². The number of hydrogen-bond acceptors (Lipinski definition) is 4. The Balaban J connectivity index is 1.67. The van der Waals surface area contributed by atoms with Gasteiger partial charge in [0.2, 0.25) is 0 Å². The Morgan fingerprint density at radius 1 is 1.12 bits per heavy atom. The van der Waals surface area contributed by atoms with Gasteiger partial charge in [-0.15, -0.1) is 0 Å². The number of rotatable bonds is 4. The zero-order chi connectivity index (χ0) is 12.3. The average molecular weight is 242 g/mol. The van der Waals surface area contributed by atoms with Gasteiger partial charge in [-0.1, -0.05) is 0 Å². The van der Waals surface area contributed by atoms with Gasteiger partial charge >= 0.3 is 0 Å².